The molecule has 0 aliphatic carbocycles. The van der Waals surface area contributed by atoms with Crippen molar-refractivity contribution < 1.29 is 19.1 Å². The van der Waals surface area contributed by atoms with E-state index in [1.54, 1.807) is 29.2 Å². The number of likely N-dealkylation sites (tertiary alicyclic amines) is 1. The van der Waals surface area contributed by atoms with E-state index in [1.807, 2.05) is 6.07 Å². The summed E-state index contributed by atoms with van der Waals surface area (Å²) < 4.78 is 9.79. The van der Waals surface area contributed by atoms with E-state index >= 15 is 0 Å². The Balaban J connectivity index is 1.80. The Hall–Kier alpha value is -1.69. The number of hydrogen-bond acceptors (Lipinski definition) is 4. The van der Waals surface area contributed by atoms with Crippen LogP contribution in [0.3, 0.4) is 0 Å². The largest absolute Gasteiger partial charge is 0.788 e. The first kappa shape index (κ1) is 11.8. The Morgan fingerprint density at radius 2 is 1.88 bits per heavy atom. The van der Waals surface area contributed by atoms with Crippen molar-refractivity contribution >= 4 is 13.4 Å². The Kier molecular flexibility index (Phi) is 3.87. The lowest BCUT2D eigenvalue weighted by atomic mass is 10.2. The zero-order valence-electron chi connectivity index (χ0n) is 9.41. The van der Waals surface area contributed by atoms with Crippen LogP contribution in [-0.2, 0) is 4.65 Å². The minimum Gasteiger partial charge on any atom is -0.501 e. The summed E-state index contributed by atoms with van der Waals surface area (Å²) in [7, 11) is -1.56. The first-order valence-electron chi connectivity index (χ1n) is 5.61. The Labute approximate surface area is 100 Å². The van der Waals surface area contributed by atoms with Crippen molar-refractivity contribution in [3.63, 3.8) is 0 Å². The molecule has 1 N–H and O–H groups in total. The molecule has 1 amide bonds. The maximum Gasteiger partial charge on any atom is 0.788 e. The molecule has 1 aliphatic rings. The number of carbonyl (C=O) groups excluding carboxylic acids is 1. The summed E-state index contributed by atoms with van der Waals surface area (Å²) >= 11 is 0. The van der Waals surface area contributed by atoms with Gasteiger partial charge in [0.25, 0.3) is 0 Å². The molecule has 0 spiro atoms. The van der Waals surface area contributed by atoms with Crippen molar-refractivity contribution in [1.29, 1.82) is 0 Å². The fourth-order valence-corrected chi connectivity index (χ4v) is 1.70. The number of rotatable bonds is 3. The van der Waals surface area contributed by atoms with Gasteiger partial charge in [0, 0.05) is 13.1 Å². The molecule has 0 radical (unpaired) electrons. The number of carbonyl (C=O) groups is 1. The van der Waals surface area contributed by atoms with Crippen molar-refractivity contribution in [2.45, 2.75) is 12.8 Å². The van der Waals surface area contributed by atoms with Crippen LogP contribution in [0.25, 0.3) is 0 Å². The van der Waals surface area contributed by atoms with Crippen LogP contribution in [0.1, 0.15) is 12.8 Å². The summed E-state index contributed by atoms with van der Waals surface area (Å²) in [5, 5.41) is 9.44. The molecule has 0 unspecified atom stereocenters. The highest BCUT2D eigenvalue weighted by atomic mass is 16.7. The van der Waals surface area contributed by atoms with Crippen molar-refractivity contribution in [1.82, 2.24) is 4.90 Å². The zero-order chi connectivity index (χ0) is 12.1. The maximum atomic E-state index is 11.5. The molecule has 1 aliphatic heterocycles. The van der Waals surface area contributed by atoms with Gasteiger partial charge in [-0.15, -0.1) is 0 Å². The van der Waals surface area contributed by atoms with Gasteiger partial charge in [-0.1, -0.05) is 18.2 Å². The molecule has 0 bridgehead atoms. The molecule has 0 atom stereocenters. The van der Waals surface area contributed by atoms with Crippen LogP contribution in [0.15, 0.2) is 30.3 Å². The highest BCUT2D eigenvalue weighted by Crippen LogP contribution is 2.12. The van der Waals surface area contributed by atoms with Crippen LogP contribution in [0.2, 0.25) is 0 Å². The van der Waals surface area contributed by atoms with Gasteiger partial charge in [-0.3, -0.25) is 0 Å². The van der Waals surface area contributed by atoms with Gasteiger partial charge in [-0.25, -0.2) is 4.79 Å². The third-order valence-corrected chi connectivity index (χ3v) is 2.55. The van der Waals surface area contributed by atoms with Crippen LogP contribution in [0, 0.1) is 0 Å². The van der Waals surface area contributed by atoms with E-state index in [2.05, 4.69) is 0 Å². The van der Waals surface area contributed by atoms with E-state index in [0.29, 0.717) is 18.8 Å². The third kappa shape index (κ3) is 3.39. The predicted octanol–water partition coefficient (Wildman–Crippen LogP) is 1.27. The number of para-hydroxylation sites is 1. The lowest BCUT2D eigenvalue weighted by Gasteiger charge is -2.16. The molecule has 2 rings (SSSR count). The SMILES string of the molecule is O=C(OB(O)Oc1ccccc1)N1CCCC1. The molecule has 1 heterocycles. The highest BCUT2D eigenvalue weighted by molar-refractivity contribution is 6.38. The van der Waals surface area contributed by atoms with Crippen LogP contribution in [-0.4, -0.2) is 36.4 Å². The molecule has 6 heteroatoms. The lowest BCUT2D eigenvalue weighted by Crippen LogP contribution is -2.37. The van der Waals surface area contributed by atoms with Gasteiger partial charge in [0.05, 0.1) is 0 Å². The normalized spacial score (nSPS) is 14.5. The van der Waals surface area contributed by atoms with Crippen LogP contribution < -0.4 is 4.65 Å². The molecule has 1 aromatic rings. The fourth-order valence-electron chi connectivity index (χ4n) is 1.70. The van der Waals surface area contributed by atoms with E-state index in [4.69, 9.17) is 9.31 Å². The molecule has 17 heavy (non-hydrogen) atoms. The average Bonchev–Trinajstić information content (AvgIpc) is 2.83. The van der Waals surface area contributed by atoms with Crippen molar-refractivity contribution in [3.8, 4) is 5.75 Å². The summed E-state index contributed by atoms with van der Waals surface area (Å²) in [5.74, 6) is 0.453. The van der Waals surface area contributed by atoms with Gasteiger partial charge in [0.15, 0.2) is 0 Å². The smallest absolute Gasteiger partial charge is 0.501 e. The van der Waals surface area contributed by atoms with E-state index in [-0.39, 0.29) is 0 Å². The molecular formula is C11H14BNO4. The number of nitrogens with zero attached hydrogens (tertiary/aromatic N) is 1. The first-order chi connectivity index (χ1) is 8.25. The van der Waals surface area contributed by atoms with Gasteiger partial charge in [0.2, 0.25) is 0 Å². The summed E-state index contributed by atoms with van der Waals surface area (Å²) in [6.07, 6.45) is 1.42. The number of amides is 1. The second kappa shape index (κ2) is 5.59. The van der Waals surface area contributed by atoms with Crippen LogP contribution >= 0.6 is 0 Å². The summed E-state index contributed by atoms with van der Waals surface area (Å²) in [6.45, 7) is 1.35. The van der Waals surface area contributed by atoms with Crippen molar-refractivity contribution in [2.75, 3.05) is 13.1 Å². The second-order valence-corrected chi connectivity index (χ2v) is 3.82. The summed E-state index contributed by atoms with van der Waals surface area (Å²) in [6, 6.07) is 8.71. The second-order valence-electron chi connectivity index (χ2n) is 3.82. The molecule has 0 saturated carbocycles. The Morgan fingerprint density at radius 3 is 2.53 bits per heavy atom. The maximum absolute atomic E-state index is 11.5. The van der Waals surface area contributed by atoms with E-state index in [9.17, 15) is 9.82 Å². The minimum atomic E-state index is -1.56. The zero-order valence-corrected chi connectivity index (χ0v) is 9.41. The molecule has 90 valence electrons. The fraction of sp³-hybridized carbons (Fsp3) is 0.364. The molecular weight excluding hydrogens is 221 g/mol. The average molecular weight is 235 g/mol. The quantitative estimate of drug-likeness (QED) is 0.801. The third-order valence-electron chi connectivity index (χ3n) is 2.55. The standard InChI is InChI=1S/C11H14BNO4/c14-11(13-8-4-5-9-13)17-12(15)16-10-6-2-1-3-7-10/h1-3,6-7,15H,4-5,8-9H2. The van der Waals surface area contributed by atoms with Gasteiger partial charge >= 0.3 is 13.4 Å². The predicted molar refractivity (Wildman–Crippen MR) is 62.3 cm³/mol. The topological polar surface area (TPSA) is 59.0 Å². The van der Waals surface area contributed by atoms with Gasteiger partial charge in [0.1, 0.15) is 5.75 Å². The molecule has 5 nitrogen and oxygen atoms in total. The number of hydrogen-bond donors (Lipinski definition) is 1. The van der Waals surface area contributed by atoms with E-state index in [0.717, 1.165) is 12.8 Å². The monoisotopic (exact) mass is 235 g/mol. The number of benzene rings is 1. The highest BCUT2D eigenvalue weighted by Gasteiger charge is 2.28. The lowest BCUT2D eigenvalue weighted by molar-refractivity contribution is 0.139. The van der Waals surface area contributed by atoms with Gasteiger partial charge < -0.3 is 19.2 Å². The summed E-state index contributed by atoms with van der Waals surface area (Å²) in [4.78, 5) is 13.1. The Bertz CT molecular complexity index is 367. The summed E-state index contributed by atoms with van der Waals surface area (Å²) in [5.41, 5.74) is 0. The molecule has 1 fully saturated rings. The first-order valence-corrected chi connectivity index (χ1v) is 5.61. The van der Waals surface area contributed by atoms with E-state index in [1.165, 1.54) is 0 Å². The van der Waals surface area contributed by atoms with Gasteiger partial charge in [-0.05, 0) is 25.0 Å². The van der Waals surface area contributed by atoms with Gasteiger partial charge in [-0.2, -0.15) is 0 Å². The molecule has 1 aromatic carbocycles. The Morgan fingerprint density at radius 1 is 1.24 bits per heavy atom. The van der Waals surface area contributed by atoms with Crippen LogP contribution in [0.4, 0.5) is 4.79 Å². The van der Waals surface area contributed by atoms with E-state index < -0.39 is 13.4 Å². The van der Waals surface area contributed by atoms with Crippen LogP contribution in [0.5, 0.6) is 5.75 Å². The molecule has 0 aromatic heterocycles. The minimum absolute atomic E-state index is 0.453. The molecule has 1 saturated heterocycles. The van der Waals surface area contributed by atoms with Crippen molar-refractivity contribution in [3.05, 3.63) is 30.3 Å². The van der Waals surface area contributed by atoms with Crippen molar-refractivity contribution in [2.24, 2.45) is 0 Å².